The van der Waals surface area contributed by atoms with Gasteiger partial charge in [-0.3, -0.25) is 4.79 Å². The number of aromatic nitrogens is 2. The van der Waals surface area contributed by atoms with E-state index in [0.717, 1.165) is 5.56 Å². The lowest BCUT2D eigenvalue weighted by Crippen LogP contribution is -2.01. The van der Waals surface area contributed by atoms with Gasteiger partial charge in [0.1, 0.15) is 11.2 Å². The average Bonchev–Trinajstić information content (AvgIpc) is 3.04. The molecular formula is C17H12N2O3. The van der Waals surface area contributed by atoms with Gasteiger partial charge in [0.25, 0.3) is 5.89 Å². The molecule has 0 fully saturated rings. The van der Waals surface area contributed by atoms with Crippen molar-refractivity contribution in [2.24, 2.45) is 0 Å². The van der Waals surface area contributed by atoms with Crippen LogP contribution in [0.4, 0.5) is 0 Å². The zero-order chi connectivity index (χ0) is 15.1. The van der Waals surface area contributed by atoms with Crippen LogP contribution in [0.15, 0.2) is 56.2 Å². The molecular weight excluding hydrogens is 280 g/mol. The quantitative estimate of drug-likeness (QED) is 0.528. The molecule has 0 aliphatic rings. The molecule has 0 aliphatic carbocycles. The van der Waals surface area contributed by atoms with Crippen LogP contribution in [0, 0.1) is 0 Å². The van der Waals surface area contributed by atoms with Crippen LogP contribution in [0.5, 0.6) is 0 Å². The van der Waals surface area contributed by atoms with E-state index in [1.54, 1.807) is 30.3 Å². The maximum atomic E-state index is 12.5. The van der Waals surface area contributed by atoms with Gasteiger partial charge in [-0.05, 0) is 30.3 Å². The fourth-order valence-corrected chi connectivity index (χ4v) is 2.45. The monoisotopic (exact) mass is 292 g/mol. The van der Waals surface area contributed by atoms with Crippen molar-refractivity contribution in [1.29, 1.82) is 0 Å². The number of benzene rings is 2. The highest BCUT2D eigenvalue weighted by atomic mass is 16.5. The third kappa shape index (κ3) is 1.90. The molecule has 0 N–H and O–H groups in total. The van der Waals surface area contributed by atoms with Gasteiger partial charge in [0.05, 0.1) is 10.8 Å². The molecule has 0 unspecified atom stereocenters. The first-order chi connectivity index (χ1) is 10.8. The molecule has 0 saturated carbocycles. The van der Waals surface area contributed by atoms with Crippen molar-refractivity contribution in [3.63, 3.8) is 0 Å². The Labute approximate surface area is 125 Å². The van der Waals surface area contributed by atoms with Gasteiger partial charge in [0, 0.05) is 12.0 Å². The molecule has 0 bridgehead atoms. The van der Waals surface area contributed by atoms with Crippen molar-refractivity contribution in [2.45, 2.75) is 13.3 Å². The Kier molecular flexibility index (Phi) is 2.79. The van der Waals surface area contributed by atoms with Crippen molar-refractivity contribution in [3.05, 3.63) is 58.5 Å². The van der Waals surface area contributed by atoms with Crippen molar-refractivity contribution < 1.29 is 8.94 Å². The maximum absolute atomic E-state index is 12.5. The predicted molar refractivity (Wildman–Crippen MR) is 82.7 cm³/mol. The third-order valence-corrected chi connectivity index (χ3v) is 3.61. The summed E-state index contributed by atoms with van der Waals surface area (Å²) in [5.74, 6) is 1.07. The third-order valence-electron chi connectivity index (χ3n) is 3.61. The standard InChI is InChI=1S/C17H12N2O3/c1-2-15-18-17(22-19-15)10-7-8-12-14(9-10)21-13-6-4-3-5-11(13)16(12)20/h3-9H,2H2,1H3. The molecule has 22 heavy (non-hydrogen) atoms. The van der Waals surface area contributed by atoms with E-state index >= 15 is 0 Å². The van der Waals surface area contributed by atoms with Gasteiger partial charge >= 0.3 is 0 Å². The van der Waals surface area contributed by atoms with E-state index in [2.05, 4.69) is 10.1 Å². The summed E-state index contributed by atoms with van der Waals surface area (Å²) in [6.45, 7) is 1.96. The van der Waals surface area contributed by atoms with Crippen LogP contribution in [0.3, 0.4) is 0 Å². The maximum Gasteiger partial charge on any atom is 0.258 e. The van der Waals surface area contributed by atoms with Crippen LogP contribution in [0.2, 0.25) is 0 Å². The van der Waals surface area contributed by atoms with E-state index in [9.17, 15) is 4.79 Å². The van der Waals surface area contributed by atoms with Crippen LogP contribution < -0.4 is 5.43 Å². The first-order valence-corrected chi connectivity index (χ1v) is 7.05. The van der Waals surface area contributed by atoms with Crippen LogP contribution in [0.25, 0.3) is 33.4 Å². The summed E-state index contributed by atoms with van der Waals surface area (Å²) in [4.78, 5) is 16.8. The number of fused-ring (bicyclic) bond motifs is 2. The number of rotatable bonds is 2. The molecule has 5 nitrogen and oxygen atoms in total. The lowest BCUT2D eigenvalue weighted by molar-refractivity contribution is 0.423. The summed E-state index contributed by atoms with van der Waals surface area (Å²) in [5, 5.41) is 5.00. The largest absolute Gasteiger partial charge is 0.456 e. The van der Waals surface area contributed by atoms with Crippen LogP contribution in [-0.2, 0) is 6.42 Å². The molecule has 2 aromatic carbocycles. The fraction of sp³-hybridized carbons (Fsp3) is 0.118. The van der Waals surface area contributed by atoms with Crippen LogP contribution in [0.1, 0.15) is 12.7 Å². The van der Waals surface area contributed by atoms with Gasteiger partial charge in [0.2, 0.25) is 5.43 Å². The summed E-state index contributed by atoms with van der Waals surface area (Å²) in [6.07, 6.45) is 0.705. The highest BCUT2D eigenvalue weighted by Crippen LogP contribution is 2.24. The Morgan fingerprint density at radius 3 is 2.68 bits per heavy atom. The van der Waals surface area contributed by atoms with Gasteiger partial charge in [-0.25, -0.2) is 0 Å². The smallest absolute Gasteiger partial charge is 0.258 e. The first kappa shape index (κ1) is 12.8. The Morgan fingerprint density at radius 1 is 1.05 bits per heavy atom. The second-order valence-electron chi connectivity index (χ2n) is 5.01. The normalized spacial score (nSPS) is 11.3. The fourth-order valence-electron chi connectivity index (χ4n) is 2.45. The summed E-state index contributed by atoms with van der Waals surface area (Å²) in [6, 6.07) is 12.5. The van der Waals surface area contributed by atoms with Crippen LogP contribution >= 0.6 is 0 Å². The topological polar surface area (TPSA) is 69.1 Å². The van der Waals surface area contributed by atoms with Crippen LogP contribution in [-0.4, -0.2) is 10.1 Å². The molecule has 5 heteroatoms. The zero-order valence-electron chi connectivity index (χ0n) is 11.9. The Balaban J connectivity index is 1.97. The number of nitrogens with zero attached hydrogens (tertiary/aromatic N) is 2. The minimum absolute atomic E-state index is 0.0387. The number of aryl methyl sites for hydroxylation is 1. The summed E-state index contributed by atoms with van der Waals surface area (Å²) in [5.41, 5.74) is 1.77. The molecule has 2 aromatic heterocycles. The van der Waals surface area contributed by atoms with E-state index in [-0.39, 0.29) is 5.43 Å². The molecule has 0 saturated heterocycles. The van der Waals surface area contributed by atoms with Gasteiger partial charge in [-0.2, -0.15) is 4.98 Å². The van der Waals surface area contributed by atoms with E-state index in [0.29, 0.717) is 40.1 Å². The van der Waals surface area contributed by atoms with E-state index in [1.165, 1.54) is 0 Å². The highest BCUT2D eigenvalue weighted by Gasteiger charge is 2.12. The molecule has 4 aromatic rings. The average molecular weight is 292 g/mol. The van der Waals surface area contributed by atoms with Gasteiger partial charge in [-0.1, -0.05) is 24.2 Å². The molecule has 0 atom stereocenters. The van der Waals surface area contributed by atoms with E-state index < -0.39 is 0 Å². The molecule has 0 amide bonds. The summed E-state index contributed by atoms with van der Waals surface area (Å²) < 4.78 is 11.1. The van der Waals surface area contributed by atoms with Gasteiger partial charge in [0.15, 0.2) is 5.82 Å². The molecule has 4 rings (SSSR count). The van der Waals surface area contributed by atoms with Crippen molar-refractivity contribution in [3.8, 4) is 11.5 Å². The Morgan fingerprint density at radius 2 is 1.86 bits per heavy atom. The Bertz CT molecular complexity index is 1050. The number of hydrogen-bond acceptors (Lipinski definition) is 5. The molecule has 0 spiro atoms. The highest BCUT2D eigenvalue weighted by molar-refractivity contribution is 5.91. The minimum atomic E-state index is -0.0387. The van der Waals surface area contributed by atoms with E-state index in [1.807, 2.05) is 19.1 Å². The molecule has 108 valence electrons. The summed E-state index contributed by atoms with van der Waals surface area (Å²) in [7, 11) is 0. The predicted octanol–water partition coefficient (Wildman–Crippen LogP) is 3.56. The lowest BCUT2D eigenvalue weighted by atomic mass is 10.1. The second-order valence-corrected chi connectivity index (χ2v) is 5.01. The number of para-hydroxylation sites is 1. The molecule has 2 heterocycles. The summed E-state index contributed by atoms with van der Waals surface area (Å²) >= 11 is 0. The first-order valence-electron chi connectivity index (χ1n) is 7.05. The van der Waals surface area contributed by atoms with Gasteiger partial charge < -0.3 is 8.94 Å². The molecule has 0 aliphatic heterocycles. The SMILES string of the molecule is CCc1noc(-c2ccc3c(=O)c4ccccc4oc3c2)n1. The van der Waals surface area contributed by atoms with E-state index in [4.69, 9.17) is 8.94 Å². The minimum Gasteiger partial charge on any atom is -0.456 e. The van der Waals surface area contributed by atoms with Crippen molar-refractivity contribution in [1.82, 2.24) is 10.1 Å². The Hall–Kier alpha value is -2.95. The number of hydrogen-bond donors (Lipinski definition) is 0. The zero-order valence-corrected chi connectivity index (χ0v) is 11.9. The molecule has 0 radical (unpaired) electrons. The van der Waals surface area contributed by atoms with Gasteiger partial charge in [-0.15, -0.1) is 0 Å². The van der Waals surface area contributed by atoms with Crippen molar-refractivity contribution in [2.75, 3.05) is 0 Å². The second kappa shape index (κ2) is 4.80. The lowest BCUT2D eigenvalue weighted by Gasteiger charge is -2.02. The van der Waals surface area contributed by atoms with Crippen molar-refractivity contribution >= 4 is 21.9 Å².